The molecule has 32 heavy (non-hydrogen) atoms. The van der Waals surface area contributed by atoms with E-state index in [0.29, 0.717) is 35.1 Å². The zero-order valence-electron chi connectivity index (χ0n) is 18.1. The van der Waals surface area contributed by atoms with E-state index in [-0.39, 0.29) is 42.2 Å². The number of aryl methyl sites for hydroxylation is 2. The summed E-state index contributed by atoms with van der Waals surface area (Å²) in [6.07, 6.45) is 3.11. The maximum atomic E-state index is 13.5. The van der Waals surface area contributed by atoms with Crippen LogP contribution in [0.2, 0.25) is 0 Å². The van der Waals surface area contributed by atoms with E-state index in [1.807, 2.05) is 42.7 Å². The van der Waals surface area contributed by atoms with Crippen LogP contribution in [0, 0.1) is 6.92 Å². The largest absolute Gasteiger partial charge is 0.299 e. The first-order chi connectivity index (χ1) is 15.4. The Morgan fingerprint density at radius 3 is 2.56 bits per heavy atom. The van der Waals surface area contributed by atoms with Gasteiger partial charge in [-0.3, -0.25) is 23.7 Å². The van der Waals surface area contributed by atoms with Crippen molar-refractivity contribution in [2.45, 2.75) is 50.0 Å². The third-order valence-corrected chi connectivity index (χ3v) is 6.72. The first-order valence-corrected chi connectivity index (χ1v) is 11.8. The van der Waals surface area contributed by atoms with Crippen LogP contribution in [0.4, 0.5) is 0 Å². The molecule has 6 nitrogen and oxygen atoms in total. The highest BCUT2D eigenvalue weighted by molar-refractivity contribution is 7.98. The molecule has 0 amide bonds. The summed E-state index contributed by atoms with van der Waals surface area (Å²) in [6.45, 7) is 1.71. The Morgan fingerprint density at radius 2 is 1.88 bits per heavy atom. The molecule has 4 rings (SSSR count). The van der Waals surface area contributed by atoms with Crippen molar-refractivity contribution in [3.05, 3.63) is 69.8 Å². The molecule has 1 heterocycles. The Hall–Kier alpha value is -3.06. The summed E-state index contributed by atoms with van der Waals surface area (Å²) in [7, 11) is 0. The molecule has 0 saturated heterocycles. The zero-order chi connectivity index (χ0) is 22.8. The molecule has 0 N–H and O–H groups in total. The van der Waals surface area contributed by atoms with Crippen molar-refractivity contribution in [2.24, 2.45) is 0 Å². The Morgan fingerprint density at radius 1 is 1.12 bits per heavy atom. The van der Waals surface area contributed by atoms with E-state index >= 15 is 0 Å². The number of hydrogen-bond acceptors (Lipinski definition) is 6. The van der Waals surface area contributed by atoms with E-state index in [1.54, 1.807) is 24.8 Å². The Labute approximate surface area is 190 Å². The molecule has 1 atom stereocenters. The second-order valence-electron chi connectivity index (χ2n) is 8.03. The van der Waals surface area contributed by atoms with Gasteiger partial charge in [-0.25, -0.2) is 4.98 Å². The second kappa shape index (κ2) is 9.20. The van der Waals surface area contributed by atoms with Crippen LogP contribution in [0.1, 0.15) is 53.5 Å². The molecular formula is C25H24N2O4S. The third-order valence-electron chi connectivity index (χ3n) is 5.98. The molecule has 0 radical (unpaired) electrons. The summed E-state index contributed by atoms with van der Waals surface area (Å²) >= 11 is 1.62. The minimum absolute atomic E-state index is 0.0102. The van der Waals surface area contributed by atoms with E-state index in [4.69, 9.17) is 0 Å². The van der Waals surface area contributed by atoms with Crippen molar-refractivity contribution in [1.82, 2.24) is 9.55 Å². The molecule has 164 valence electrons. The van der Waals surface area contributed by atoms with Gasteiger partial charge in [0.05, 0.1) is 23.4 Å². The predicted molar refractivity (Wildman–Crippen MR) is 125 cm³/mol. The van der Waals surface area contributed by atoms with Crippen molar-refractivity contribution in [3.8, 4) is 0 Å². The Bertz CT molecular complexity index is 1280. The number of nitrogens with zero attached hydrogens (tertiary/aromatic N) is 2. The fourth-order valence-corrected chi connectivity index (χ4v) is 4.71. The number of ketones is 3. The SMILES string of the molecule is CSc1ccc(C(=O)CCc2cccc3nc(C)n(C4CCC(=O)CC4=O)c(=O)c23)cc1. The molecule has 7 heteroatoms. The van der Waals surface area contributed by atoms with Crippen LogP contribution in [0.15, 0.2) is 52.2 Å². The van der Waals surface area contributed by atoms with Crippen LogP contribution in [-0.4, -0.2) is 33.2 Å². The minimum atomic E-state index is -0.665. The van der Waals surface area contributed by atoms with Crippen LogP contribution < -0.4 is 5.56 Å². The Kier molecular flexibility index (Phi) is 6.37. The van der Waals surface area contributed by atoms with Gasteiger partial charge in [-0.05, 0) is 49.8 Å². The van der Waals surface area contributed by atoms with Gasteiger partial charge in [0.2, 0.25) is 0 Å². The lowest BCUT2D eigenvalue weighted by atomic mass is 9.92. The summed E-state index contributed by atoms with van der Waals surface area (Å²) in [5.74, 6) is 0.137. The van der Waals surface area contributed by atoms with Crippen molar-refractivity contribution in [1.29, 1.82) is 0 Å². The van der Waals surface area contributed by atoms with Gasteiger partial charge in [0.1, 0.15) is 11.6 Å². The summed E-state index contributed by atoms with van der Waals surface area (Å²) in [5.41, 5.74) is 1.65. The Balaban J connectivity index is 1.66. The van der Waals surface area contributed by atoms with E-state index in [0.717, 1.165) is 10.5 Å². The van der Waals surface area contributed by atoms with Crippen LogP contribution in [0.3, 0.4) is 0 Å². The molecule has 1 aliphatic rings. The molecule has 3 aromatic rings. The molecule has 1 aliphatic carbocycles. The monoisotopic (exact) mass is 448 g/mol. The zero-order valence-corrected chi connectivity index (χ0v) is 18.9. The van der Waals surface area contributed by atoms with Crippen molar-refractivity contribution in [2.75, 3.05) is 6.26 Å². The average Bonchev–Trinajstić information content (AvgIpc) is 2.78. The molecule has 1 unspecified atom stereocenters. The van der Waals surface area contributed by atoms with Gasteiger partial charge in [0, 0.05) is 23.3 Å². The first-order valence-electron chi connectivity index (χ1n) is 10.6. The molecule has 1 fully saturated rings. The highest BCUT2D eigenvalue weighted by atomic mass is 32.2. The van der Waals surface area contributed by atoms with Gasteiger partial charge in [0.15, 0.2) is 11.6 Å². The van der Waals surface area contributed by atoms with Gasteiger partial charge < -0.3 is 0 Å². The highest BCUT2D eigenvalue weighted by Crippen LogP contribution is 2.25. The minimum Gasteiger partial charge on any atom is -0.299 e. The molecule has 1 aromatic heterocycles. The van der Waals surface area contributed by atoms with E-state index in [2.05, 4.69) is 4.98 Å². The highest BCUT2D eigenvalue weighted by Gasteiger charge is 2.31. The van der Waals surface area contributed by atoms with E-state index in [9.17, 15) is 19.2 Å². The maximum Gasteiger partial charge on any atom is 0.262 e. The summed E-state index contributed by atoms with van der Waals surface area (Å²) in [5, 5.41) is 0.438. The normalized spacial score (nSPS) is 16.5. The number of benzene rings is 2. The topological polar surface area (TPSA) is 86.1 Å². The number of aromatic nitrogens is 2. The number of fused-ring (bicyclic) bond motifs is 1. The van der Waals surface area contributed by atoms with Crippen LogP contribution in [0.5, 0.6) is 0 Å². The van der Waals surface area contributed by atoms with Crippen molar-refractivity contribution >= 4 is 40.0 Å². The molecule has 2 aromatic carbocycles. The quantitative estimate of drug-likeness (QED) is 0.321. The smallest absolute Gasteiger partial charge is 0.262 e. The fourth-order valence-electron chi connectivity index (χ4n) is 4.30. The average molecular weight is 449 g/mol. The number of rotatable bonds is 6. The summed E-state index contributed by atoms with van der Waals surface area (Å²) < 4.78 is 1.43. The van der Waals surface area contributed by atoms with Crippen LogP contribution >= 0.6 is 11.8 Å². The van der Waals surface area contributed by atoms with Crippen molar-refractivity contribution in [3.63, 3.8) is 0 Å². The lowest BCUT2D eigenvalue weighted by Crippen LogP contribution is -2.36. The number of thioether (sulfide) groups is 1. The maximum absolute atomic E-state index is 13.5. The standard InChI is InChI=1S/C25H24N2O4S/c1-15-26-20-5-3-4-17(8-13-22(29)16-6-10-19(32-2)11-7-16)24(20)25(31)27(15)21-12-9-18(28)14-23(21)30/h3-7,10-11,21H,8-9,12-14H2,1-2H3. The number of carbonyl (C=O) groups excluding carboxylic acids is 3. The van der Waals surface area contributed by atoms with Gasteiger partial charge in [-0.15, -0.1) is 11.8 Å². The number of hydrogen-bond donors (Lipinski definition) is 0. The molecule has 0 aliphatic heterocycles. The van der Waals surface area contributed by atoms with Gasteiger partial charge >= 0.3 is 0 Å². The summed E-state index contributed by atoms with van der Waals surface area (Å²) in [4.78, 5) is 56.0. The van der Waals surface area contributed by atoms with Gasteiger partial charge in [0.25, 0.3) is 5.56 Å². The lowest BCUT2D eigenvalue weighted by molar-refractivity contribution is -0.132. The lowest BCUT2D eigenvalue weighted by Gasteiger charge is -2.24. The summed E-state index contributed by atoms with van der Waals surface area (Å²) in [6, 6.07) is 12.3. The number of carbonyl (C=O) groups is 3. The predicted octanol–water partition coefficient (Wildman–Crippen LogP) is 4.11. The van der Waals surface area contributed by atoms with E-state index < -0.39 is 6.04 Å². The van der Waals surface area contributed by atoms with E-state index in [1.165, 1.54) is 4.57 Å². The fraction of sp³-hybridized carbons (Fsp3) is 0.320. The van der Waals surface area contributed by atoms with Crippen LogP contribution in [-0.2, 0) is 16.0 Å². The molecular weight excluding hydrogens is 424 g/mol. The molecule has 0 bridgehead atoms. The second-order valence-corrected chi connectivity index (χ2v) is 8.91. The van der Waals surface area contributed by atoms with Gasteiger partial charge in [-0.1, -0.05) is 24.3 Å². The first kappa shape index (κ1) is 22.1. The van der Waals surface area contributed by atoms with Crippen LogP contribution in [0.25, 0.3) is 10.9 Å². The third kappa shape index (κ3) is 4.30. The molecule has 0 spiro atoms. The van der Waals surface area contributed by atoms with Gasteiger partial charge in [-0.2, -0.15) is 0 Å². The number of Topliss-reactive ketones (excluding diaryl/α,β-unsaturated/α-hetero) is 3. The molecule has 1 saturated carbocycles. The van der Waals surface area contributed by atoms with Crippen molar-refractivity contribution < 1.29 is 14.4 Å².